The molecule has 6 rings (SSSR count). The first kappa shape index (κ1) is 30.0. The first-order valence-corrected chi connectivity index (χ1v) is 14.3. The number of nitrogens with two attached hydrogens (primary N) is 2. The van der Waals surface area contributed by atoms with Gasteiger partial charge < -0.3 is 29.7 Å². The van der Waals surface area contributed by atoms with E-state index in [-0.39, 0.29) is 41.3 Å². The Balaban J connectivity index is 1.26. The second kappa shape index (κ2) is 12.2. The van der Waals surface area contributed by atoms with Crippen molar-refractivity contribution in [1.82, 2.24) is 24.1 Å². The Morgan fingerprint density at radius 2 is 1.98 bits per heavy atom. The summed E-state index contributed by atoms with van der Waals surface area (Å²) in [7, 11) is 0. The van der Waals surface area contributed by atoms with Crippen LogP contribution in [0.3, 0.4) is 0 Å². The van der Waals surface area contributed by atoms with Crippen molar-refractivity contribution in [2.75, 3.05) is 0 Å². The number of pyridine rings is 2. The number of carboxylic acids is 1. The van der Waals surface area contributed by atoms with Gasteiger partial charge in [0.15, 0.2) is 0 Å². The van der Waals surface area contributed by atoms with Gasteiger partial charge in [0, 0.05) is 48.4 Å². The fourth-order valence-corrected chi connectivity index (χ4v) is 5.28. The molecule has 232 valence electrons. The van der Waals surface area contributed by atoms with Gasteiger partial charge in [0.1, 0.15) is 18.2 Å². The Morgan fingerprint density at radius 1 is 1.15 bits per heavy atom. The molecule has 13 heteroatoms. The topological polar surface area (TPSA) is 178 Å². The van der Waals surface area contributed by atoms with E-state index in [1.54, 1.807) is 53.8 Å². The van der Waals surface area contributed by atoms with Crippen LogP contribution < -0.4 is 21.9 Å². The highest BCUT2D eigenvalue weighted by Gasteiger charge is 2.47. The molecule has 0 amide bonds. The molecule has 0 unspecified atom stereocenters. The summed E-state index contributed by atoms with van der Waals surface area (Å²) in [6.45, 7) is 0.450. The molecule has 46 heavy (non-hydrogen) atoms. The summed E-state index contributed by atoms with van der Waals surface area (Å²) in [5, 5.41) is 20.1. The van der Waals surface area contributed by atoms with Crippen LogP contribution in [0.4, 0.5) is 4.39 Å². The van der Waals surface area contributed by atoms with Crippen molar-refractivity contribution in [1.29, 1.82) is 5.26 Å². The number of imidazole rings is 1. The largest absolute Gasteiger partial charge is 0.478 e. The van der Waals surface area contributed by atoms with Crippen LogP contribution in [-0.4, -0.2) is 40.7 Å². The maximum Gasteiger partial charge on any atom is 0.335 e. The maximum atomic E-state index is 14.3. The fraction of sp³-hybridized carbons (Fsp3) is 0.182. The minimum Gasteiger partial charge on any atom is -0.478 e. The standard InChI is InChI=1S/C33H29FN8O4/c34-25-14-21(17-36)4-5-24(25)19-46-30-3-1-2-26(39-30)22-8-12-40(31(43)16-22)18-29-38-27-7-6-23(32(44)45)15-28(27)41(29)20-33(9-10-33)42(37)13-11-35/h1-8,11-16H,9-10,18-20,35,37H2,(H,44,45)/b13-11-. The molecule has 3 aromatic heterocycles. The Kier molecular flexibility index (Phi) is 7.95. The van der Waals surface area contributed by atoms with E-state index in [9.17, 15) is 19.1 Å². The average molecular weight is 621 g/mol. The molecule has 0 atom stereocenters. The lowest BCUT2D eigenvalue weighted by molar-refractivity contribution is 0.0697. The van der Waals surface area contributed by atoms with Crippen molar-refractivity contribution in [2.45, 2.75) is 38.1 Å². The third-order valence-corrected chi connectivity index (χ3v) is 8.03. The van der Waals surface area contributed by atoms with Crippen LogP contribution in [0.5, 0.6) is 5.88 Å². The number of halogens is 1. The third-order valence-electron chi connectivity index (χ3n) is 8.03. The van der Waals surface area contributed by atoms with Crippen LogP contribution in [0, 0.1) is 17.1 Å². The number of benzene rings is 2. The summed E-state index contributed by atoms with van der Waals surface area (Å²) in [6.07, 6.45) is 6.21. The zero-order chi connectivity index (χ0) is 32.4. The van der Waals surface area contributed by atoms with Crippen molar-refractivity contribution in [3.05, 3.63) is 124 Å². The number of nitrogens with zero attached hydrogens (tertiary/aromatic N) is 6. The summed E-state index contributed by atoms with van der Waals surface area (Å²) in [5.41, 5.74) is 7.74. The number of aromatic carboxylic acids is 1. The van der Waals surface area contributed by atoms with Crippen molar-refractivity contribution < 1.29 is 19.0 Å². The zero-order valence-corrected chi connectivity index (χ0v) is 24.5. The van der Waals surface area contributed by atoms with Gasteiger partial charge >= 0.3 is 5.97 Å². The predicted molar refractivity (Wildman–Crippen MR) is 166 cm³/mol. The lowest BCUT2D eigenvalue weighted by atomic mass is 10.1. The van der Waals surface area contributed by atoms with Crippen molar-refractivity contribution in [3.63, 3.8) is 0 Å². The van der Waals surface area contributed by atoms with Gasteiger partial charge in [0.05, 0.1) is 46.0 Å². The molecule has 1 aliphatic rings. The summed E-state index contributed by atoms with van der Waals surface area (Å²) >= 11 is 0. The Labute approximate surface area is 262 Å². The maximum absolute atomic E-state index is 14.3. The second-order valence-electron chi connectivity index (χ2n) is 11.0. The van der Waals surface area contributed by atoms with Crippen LogP contribution in [-0.2, 0) is 19.7 Å². The number of hydrogen-bond acceptors (Lipinski definition) is 9. The predicted octanol–water partition coefficient (Wildman–Crippen LogP) is 3.73. The van der Waals surface area contributed by atoms with Gasteiger partial charge in [-0.15, -0.1) is 0 Å². The summed E-state index contributed by atoms with van der Waals surface area (Å²) < 4.78 is 23.4. The number of carboxylic acid groups (broad SMARTS) is 1. The molecule has 0 bridgehead atoms. The molecular formula is C33H29FN8O4. The van der Waals surface area contributed by atoms with E-state index in [1.165, 1.54) is 35.0 Å². The second-order valence-corrected chi connectivity index (χ2v) is 11.0. The minimum absolute atomic E-state index is 0.0870. The molecule has 5 aromatic rings. The highest BCUT2D eigenvalue weighted by Crippen LogP contribution is 2.42. The van der Waals surface area contributed by atoms with E-state index < -0.39 is 17.3 Å². The Bertz CT molecular complexity index is 2090. The number of rotatable bonds is 11. The SMILES string of the molecule is N#Cc1ccc(COc2cccc(-c3ccn(Cc4nc5ccc(C(=O)O)cc5n4CC4(N(N)/C=C\N)CC4)c(=O)c3)n2)c(F)c1. The van der Waals surface area contributed by atoms with Crippen molar-refractivity contribution >= 4 is 17.0 Å². The number of fused-ring (bicyclic) bond motifs is 1. The highest BCUT2D eigenvalue weighted by atomic mass is 19.1. The number of hydrazine groups is 1. The molecule has 1 aliphatic carbocycles. The van der Waals surface area contributed by atoms with Gasteiger partial charge in [-0.3, -0.25) is 4.79 Å². The van der Waals surface area contributed by atoms with Gasteiger partial charge in [0.2, 0.25) is 5.88 Å². The van der Waals surface area contributed by atoms with Gasteiger partial charge in [0.25, 0.3) is 5.56 Å². The van der Waals surface area contributed by atoms with E-state index >= 15 is 0 Å². The smallest absolute Gasteiger partial charge is 0.335 e. The molecule has 5 N–H and O–H groups in total. The summed E-state index contributed by atoms with van der Waals surface area (Å²) in [6, 6.07) is 19.1. The van der Waals surface area contributed by atoms with Gasteiger partial charge in [-0.05, 0) is 55.3 Å². The zero-order valence-electron chi connectivity index (χ0n) is 24.5. The van der Waals surface area contributed by atoms with Crippen molar-refractivity contribution in [2.24, 2.45) is 11.6 Å². The fourth-order valence-electron chi connectivity index (χ4n) is 5.28. The van der Waals surface area contributed by atoms with Crippen LogP contribution in [0.2, 0.25) is 0 Å². The Hall–Kier alpha value is -6.00. The van der Waals surface area contributed by atoms with Crippen LogP contribution in [0.15, 0.2) is 90.1 Å². The highest BCUT2D eigenvalue weighted by molar-refractivity contribution is 5.92. The normalized spacial score (nSPS) is 13.5. The molecule has 12 nitrogen and oxygen atoms in total. The van der Waals surface area contributed by atoms with E-state index in [4.69, 9.17) is 26.6 Å². The first-order chi connectivity index (χ1) is 22.2. The van der Waals surface area contributed by atoms with Crippen LogP contribution >= 0.6 is 0 Å². The van der Waals surface area contributed by atoms with Crippen LogP contribution in [0.25, 0.3) is 22.3 Å². The van der Waals surface area contributed by atoms with E-state index in [2.05, 4.69) is 4.98 Å². The number of ether oxygens (including phenoxy) is 1. The van der Waals surface area contributed by atoms with E-state index in [0.29, 0.717) is 34.7 Å². The molecule has 3 heterocycles. The first-order valence-electron chi connectivity index (χ1n) is 14.3. The molecular weight excluding hydrogens is 591 g/mol. The quantitative estimate of drug-likeness (QED) is 0.146. The number of aromatic nitrogens is 4. The lowest BCUT2D eigenvalue weighted by Crippen LogP contribution is -2.42. The Morgan fingerprint density at radius 3 is 2.67 bits per heavy atom. The molecule has 1 saturated carbocycles. The van der Waals surface area contributed by atoms with Gasteiger partial charge in [-0.2, -0.15) is 5.26 Å². The van der Waals surface area contributed by atoms with Crippen molar-refractivity contribution in [3.8, 4) is 23.2 Å². The molecule has 2 aromatic carbocycles. The summed E-state index contributed by atoms with van der Waals surface area (Å²) in [4.78, 5) is 34.3. The number of hydrogen-bond donors (Lipinski definition) is 3. The van der Waals surface area contributed by atoms with E-state index in [0.717, 1.165) is 18.9 Å². The molecule has 0 spiro atoms. The minimum atomic E-state index is -1.06. The van der Waals surface area contributed by atoms with E-state index in [1.807, 2.05) is 10.6 Å². The third kappa shape index (κ3) is 6.01. The molecule has 0 radical (unpaired) electrons. The van der Waals surface area contributed by atoms with Gasteiger partial charge in [-0.25, -0.2) is 25.0 Å². The molecule has 1 fully saturated rings. The molecule has 0 aliphatic heterocycles. The number of carbonyl (C=O) groups is 1. The van der Waals surface area contributed by atoms with Gasteiger partial charge in [-0.1, -0.05) is 12.1 Å². The summed E-state index contributed by atoms with van der Waals surface area (Å²) in [5.74, 6) is 5.48. The van der Waals surface area contributed by atoms with Crippen LogP contribution in [0.1, 0.15) is 40.2 Å². The lowest BCUT2D eigenvalue weighted by Gasteiger charge is -2.27. The monoisotopic (exact) mass is 620 g/mol. The average Bonchev–Trinajstić information content (AvgIpc) is 3.77. The molecule has 0 saturated heterocycles. The number of nitriles is 1.